The van der Waals surface area contributed by atoms with Gasteiger partial charge in [-0.1, -0.05) is 53.5 Å². The highest BCUT2D eigenvalue weighted by Gasteiger charge is 2.10. The van der Waals surface area contributed by atoms with Crippen LogP contribution in [-0.2, 0) is 6.42 Å². The van der Waals surface area contributed by atoms with E-state index < -0.39 is 0 Å². The third-order valence-corrected chi connectivity index (χ3v) is 3.86. The molecule has 1 aromatic carbocycles. The van der Waals surface area contributed by atoms with Crippen molar-refractivity contribution >= 4 is 34.0 Å². The predicted octanol–water partition coefficient (Wildman–Crippen LogP) is 4.84. The lowest BCUT2D eigenvalue weighted by Gasteiger charge is -2.11. The maximum absolute atomic E-state index is 6.22. The van der Waals surface area contributed by atoms with Crippen LogP contribution < -0.4 is 0 Å². The van der Waals surface area contributed by atoms with Crippen LogP contribution >= 0.6 is 23.2 Å². The van der Waals surface area contributed by atoms with Gasteiger partial charge in [0.2, 0.25) is 0 Å². The summed E-state index contributed by atoms with van der Waals surface area (Å²) in [7, 11) is 0. The van der Waals surface area contributed by atoms with Crippen molar-refractivity contribution < 1.29 is 0 Å². The quantitative estimate of drug-likeness (QED) is 0.633. The third kappa shape index (κ3) is 2.49. The van der Waals surface area contributed by atoms with Crippen molar-refractivity contribution in [3.8, 4) is 0 Å². The molecule has 0 aliphatic heterocycles. The minimum Gasteiger partial charge on any atom is -0.244 e. The van der Waals surface area contributed by atoms with Gasteiger partial charge in [-0.25, -0.2) is 9.97 Å². The van der Waals surface area contributed by atoms with Gasteiger partial charge in [-0.2, -0.15) is 0 Å². The zero-order chi connectivity index (χ0) is 14.1. The van der Waals surface area contributed by atoms with Gasteiger partial charge < -0.3 is 0 Å². The van der Waals surface area contributed by atoms with E-state index in [-0.39, 0.29) is 0 Å². The molecule has 20 heavy (non-hydrogen) atoms. The highest BCUT2D eigenvalue weighted by atomic mass is 35.5. The molecule has 100 valence electrons. The van der Waals surface area contributed by atoms with E-state index in [1.165, 1.54) is 5.56 Å². The first-order valence-corrected chi connectivity index (χ1v) is 7.05. The number of benzene rings is 1. The Morgan fingerprint density at radius 1 is 1.00 bits per heavy atom. The molecule has 2 heterocycles. The minimum absolute atomic E-state index is 0.504. The maximum Gasteiger partial charge on any atom is 0.137 e. The average Bonchev–Trinajstić information content (AvgIpc) is 2.45. The van der Waals surface area contributed by atoms with Crippen molar-refractivity contribution in [2.75, 3.05) is 0 Å². The van der Waals surface area contributed by atoms with Gasteiger partial charge in [-0.3, -0.25) is 0 Å². The lowest BCUT2D eigenvalue weighted by molar-refractivity contribution is 1.09. The Morgan fingerprint density at radius 3 is 2.45 bits per heavy atom. The molecule has 0 amide bonds. The van der Waals surface area contributed by atoms with Crippen LogP contribution in [-0.4, -0.2) is 9.97 Å². The van der Waals surface area contributed by atoms with Crippen LogP contribution in [0.15, 0.2) is 42.6 Å². The summed E-state index contributed by atoms with van der Waals surface area (Å²) in [5.74, 6) is 0. The summed E-state index contributed by atoms with van der Waals surface area (Å²) < 4.78 is 0. The number of halogens is 2. The molecule has 0 spiro atoms. The number of aromatic nitrogens is 2. The summed E-state index contributed by atoms with van der Waals surface area (Å²) in [5.41, 5.74) is 3.23. The van der Waals surface area contributed by atoms with Gasteiger partial charge in [0.1, 0.15) is 10.3 Å². The maximum atomic E-state index is 6.22. The van der Waals surface area contributed by atoms with Gasteiger partial charge in [0, 0.05) is 23.7 Å². The normalized spacial score (nSPS) is 10.9. The summed E-state index contributed by atoms with van der Waals surface area (Å²) in [6, 6.07) is 11.8. The Kier molecular flexibility index (Phi) is 3.60. The molecule has 2 nitrogen and oxygen atoms in total. The summed E-state index contributed by atoms with van der Waals surface area (Å²) in [6.45, 7) is 1.98. The molecule has 3 rings (SSSR count). The summed E-state index contributed by atoms with van der Waals surface area (Å²) in [4.78, 5) is 8.56. The van der Waals surface area contributed by atoms with Crippen molar-refractivity contribution in [2.24, 2.45) is 0 Å². The molecule has 0 radical (unpaired) electrons. The van der Waals surface area contributed by atoms with E-state index >= 15 is 0 Å². The van der Waals surface area contributed by atoms with Crippen molar-refractivity contribution in [2.45, 2.75) is 13.3 Å². The molecule has 0 aliphatic carbocycles. The monoisotopic (exact) mass is 302 g/mol. The molecule has 2 aromatic heterocycles. The van der Waals surface area contributed by atoms with Crippen LogP contribution in [0.2, 0.25) is 10.3 Å². The van der Waals surface area contributed by atoms with Gasteiger partial charge in [-0.15, -0.1) is 0 Å². The van der Waals surface area contributed by atoms with Gasteiger partial charge in [-0.05, 0) is 29.5 Å². The third-order valence-electron chi connectivity index (χ3n) is 3.35. The molecule has 4 heteroatoms. The zero-order valence-corrected chi connectivity index (χ0v) is 12.4. The molecule has 0 aliphatic rings. The van der Waals surface area contributed by atoms with Crippen LogP contribution in [0.4, 0.5) is 0 Å². The number of pyridine rings is 2. The van der Waals surface area contributed by atoms with Gasteiger partial charge in [0.25, 0.3) is 0 Å². The van der Waals surface area contributed by atoms with E-state index in [1.54, 1.807) is 12.3 Å². The fourth-order valence-corrected chi connectivity index (χ4v) is 2.74. The fraction of sp³-hybridized carbons (Fsp3) is 0.125. The molecule has 0 saturated carbocycles. The largest absolute Gasteiger partial charge is 0.244 e. The number of aryl methyl sites for hydroxylation is 1. The van der Waals surface area contributed by atoms with Gasteiger partial charge in [0.05, 0.1) is 0 Å². The lowest BCUT2D eigenvalue weighted by atomic mass is 9.99. The molecule has 3 aromatic rings. The first kappa shape index (κ1) is 13.3. The first-order valence-electron chi connectivity index (χ1n) is 6.29. The van der Waals surface area contributed by atoms with Crippen molar-refractivity contribution in [3.63, 3.8) is 0 Å². The molecule has 0 bridgehead atoms. The average molecular weight is 303 g/mol. The Bertz CT molecular complexity index is 767. The highest BCUT2D eigenvalue weighted by molar-refractivity contribution is 6.34. The number of rotatable bonds is 2. The van der Waals surface area contributed by atoms with Crippen LogP contribution in [0.5, 0.6) is 0 Å². The fourth-order valence-electron chi connectivity index (χ4n) is 2.33. The number of nitrogens with zero attached hydrogens (tertiary/aromatic N) is 2. The number of hydrogen-bond acceptors (Lipinski definition) is 2. The van der Waals surface area contributed by atoms with E-state index in [0.717, 1.165) is 28.5 Å². The van der Waals surface area contributed by atoms with Crippen LogP contribution in [0.1, 0.15) is 16.8 Å². The molecule has 0 fully saturated rings. The van der Waals surface area contributed by atoms with Gasteiger partial charge >= 0.3 is 0 Å². The molecule has 0 unspecified atom stereocenters. The van der Waals surface area contributed by atoms with Crippen molar-refractivity contribution in [1.82, 2.24) is 9.97 Å². The zero-order valence-electron chi connectivity index (χ0n) is 10.9. The number of fused-ring (bicyclic) bond motifs is 1. The Morgan fingerprint density at radius 2 is 1.75 bits per heavy atom. The predicted molar refractivity (Wildman–Crippen MR) is 83.5 cm³/mol. The molecular weight excluding hydrogens is 291 g/mol. The second-order valence-corrected chi connectivity index (χ2v) is 5.42. The van der Waals surface area contributed by atoms with Crippen LogP contribution in [0.25, 0.3) is 10.8 Å². The molecule has 0 N–H and O–H groups in total. The van der Waals surface area contributed by atoms with Gasteiger partial charge in [0.15, 0.2) is 0 Å². The summed E-state index contributed by atoms with van der Waals surface area (Å²) >= 11 is 12.0. The summed E-state index contributed by atoms with van der Waals surface area (Å²) in [5, 5.41) is 3.18. The topological polar surface area (TPSA) is 25.8 Å². The highest BCUT2D eigenvalue weighted by Crippen LogP contribution is 2.28. The Balaban J connectivity index is 2.13. The Hall–Kier alpha value is -1.64. The van der Waals surface area contributed by atoms with Crippen molar-refractivity contribution in [3.05, 3.63) is 69.7 Å². The van der Waals surface area contributed by atoms with E-state index in [9.17, 15) is 0 Å². The smallest absolute Gasteiger partial charge is 0.137 e. The standard InChI is InChI=1S/C16H12Cl2N2/c1-10-14(8-11-6-7-15(17)19-9-11)12-4-2-3-5-13(12)16(18)20-10/h2-7,9H,8H2,1H3. The SMILES string of the molecule is Cc1nc(Cl)c2ccccc2c1Cc1ccc(Cl)nc1. The van der Waals surface area contributed by atoms with E-state index in [4.69, 9.17) is 23.2 Å². The Labute approximate surface area is 127 Å². The molecule has 0 atom stereocenters. The van der Waals surface area contributed by atoms with Crippen LogP contribution in [0, 0.1) is 6.92 Å². The van der Waals surface area contributed by atoms with Crippen LogP contribution in [0.3, 0.4) is 0 Å². The molecule has 0 saturated heterocycles. The van der Waals surface area contributed by atoms with E-state index in [2.05, 4.69) is 16.0 Å². The van der Waals surface area contributed by atoms with Crippen molar-refractivity contribution in [1.29, 1.82) is 0 Å². The number of hydrogen-bond donors (Lipinski definition) is 0. The minimum atomic E-state index is 0.504. The second kappa shape index (κ2) is 5.39. The van der Waals surface area contributed by atoms with E-state index in [1.807, 2.05) is 31.2 Å². The van der Waals surface area contributed by atoms with E-state index in [0.29, 0.717) is 10.3 Å². The lowest BCUT2D eigenvalue weighted by Crippen LogP contribution is -1.98. The second-order valence-electron chi connectivity index (χ2n) is 4.68. The molecular formula is C16H12Cl2N2. The summed E-state index contributed by atoms with van der Waals surface area (Å²) in [6.07, 6.45) is 2.56. The first-order chi connectivity index (χ1) is 9.65.